The Bertz CT molecular complexity index is 1590. The first-order valence-electron chi connectivity index (χ1n) is 10.3. The third kappa shape index (κ3) is 3.97. The largest absolute Gasteiger partial charge is 0.456 e. The van der Waals surface area contributed by atoms with Gasteiger partial charge in [0, 0.05) is 28.2 Å². The molecule has 0 spiro atoms. The summed E-state index contributed by atoms with van der Waals surface area (Å²) >= 11 is 6.36. The molecule has 0 fully saturated rings. The molecule has 33 heavy (non-hydrogen) atoms. The lowest BCUT2D eigenvalue weighted by atomic mass is 10.0. The van der Waals surface area contributed by atoms with Gasteiger partial charge in [-0.25, -0.2) is 14.8 Å². The summed E-state index contributed by atoms with van der Waals surface area (Å²) in [6, 6.07) is 21.4. The summed E-state index contributed by atoms with van der Waals surface area (Å²) in [6.07, 6.45) is 1.66. The van der Waals surface area contributed by atoms with Crippen molar-refractivity contribution in [2.24, 2.45) is 0 Å². The van der Waals surface area contributed by atoms with Crippen LogP contribution in [-0.4, -0.2) is 20.3 Å². The molecule has 0 radical (unpaired) electrons. The SMILES string of the molecule is Cc1cccn2c(=O)cc(COC(=O)c3cc(-c4ccccc4Cl)nc4ccccc34)nc12. The van der Waals surface area contributed by atoms with Crippen LogP contribution >= 0.6 is 11.6 Å². The minimum absolute atomic E-state index is 0.128. The fraction of sp³-hybridized carbons (Fsp3) is 0.0769. The van der Waals surface area contributed by atoms with Gasteiger partial charge in [-0.3, -0.25) is 9.20 Å². The van der Waals surface area contributed by atoms with E-state index in [9.17, 15) is 9.59 Å². The van der Waals surface area contributed by atoms with Gasteiger partial charge in [0.15, 0.2) is 0 Å². The number of fused-ring (bicyclic) bond motifs is 2. The smallest absolute Gasteiger partial charge is 0.339 e. The molecule has 6 nitrogen and oxygen atoms in total. The highest BCUT2D eigenvalue weighted by molar-refractivity contribution is 6.33. The van der Waals surface area contributed by atoms with Crippen LogP contribution in [0, 0.1) is 6.92 Å². The summed E-state index contributed by atoms with van der Waals surface area (Å²) < 4.78 is 7.04. The Morgan fingerprint density at radius 3 is 2.64 bits per heavy atom. The second-order valence-electron chi connectivity index (χ2n) is 7.60. The van der Waals surface area contributed by atoms with E-state index in [0.717, 1.165) is 11.1 Å². The van der Waals surface area contributed by atoms with Crippen LogP contribution < -0.4 is 5.56 Å². The van der Waals surface area contributed by atoms with Gasteiger partial charge < -0.3 is 4.74 Å². The fourth-order valence-electron chi connectivity index (χ4n) is 3.75. The standard InChI is InChI=1S/C26H18ClN3O3/c1-16-7-6-12-30-24(31)13-17(28-25(16)30)15-33-26(32)20-14-23(19-9-2-4-10-21(19)27)29-22-11-5-3-8-18(20)22/h2-14H,15H2,1H3. The predicted molar refractivity (Wildman–Crippen MR) is 128 cm³/mol. The molecule has 7 heteroatoms. The summed E-state index contributed by atoms with van der Waals surface area (Å²) in [4.78, 5) is 34.7. The minimum atomic E-state index is -0.534. The molecular formula is C26H18ClN3O3. The number of carbonyl (C=O) groups is 1. The molecule has 0 N–H and O–H groups in total. The lowest BCUT2D eigenvalue weighted by molar-refractivity contribution is 0.0470. The average Bonchev–Trinajstić information content (AvgIpc) is 2.83. The zero-order valence-corrected chi connectivity index (χ0v) is 18.4. The number of hydrogen-bond donors (Lipinski definition) is 0. The molecule has 0 unspecified atom stereocenters. The Kier molecular flexibility index (Phi) is 5.36. The van der Waals surface area contributed by atoms with Gasteiger partial charge in [-0.2, -0.15) is 0 Å². The monoisotopic (exact) mass is 455 g/mol. The van der Waals surface area contributed by atoms with Gasteiger partial charge in [-0.1, -0.05) is 54.1 Å². The molecule has 3 aromatic heterocycles. The van der Waals surface area contributed by atoms with E-state index in [1.54, 1.807) is 24.4 Å². The number of hydrogen-bond acceptors (Lipinski definition) is 5. The summed E-state index contributed by atoms with van der Waals surface area (Å²) in [6.45, 7) is 1.74. The molecule has 0 atom stereocenters. The van der Waals surface area contributed by atoms with Crippen LogP contribution in [0.15, 0.2) is 83.8 Å². The van der Waals surface area contributed by atoms with Gasteiger partial charge in [0.25, 0.3) is 5.56 Å². The van der Waals surface area contributed by atoms with Crippen molar-refractivity contribution in [3.8, 4) is 11.3 Å². The fourth-order valence-corrected chi connectivity index (χ4v) is 3.98. The second-order valence-corrected chi connectivity index (χ2v) is 8.01. The summed E-state index contributed by atoms with van der Waals surface area (Å²) in [5.74, 6) is -0.534. The Hall–Kier alpha value is -4.03. The van der Waals surface area contributed by atoms with Crippen LogP contribution in [0.5, 0.6) is 0 Å². The Morgan fingerprint density at radius 2 is 1.79 bits per heavy atom. The Morgan fingerprint density at radius 1 is 1.00 bits per heavy atom. The van der Waals surface area contributed by atoms with Gasteiger partial charge in [-0.05, 0) is 36.8 Å². The Labute approximate surface area is 194 Å². The first-order valence-corrected chi connectivity index (χ1v) is 10.7. The van der Waals surface area contributed by atoms with Crippen molar-refractivity contribution in [1.82, 2.24) is 14.4 Å². The maximum Gasteiger partial charge on any atom is 0.339 e. The van der Waals surface area contributed by atoms with Crippen LogP contribution in [0.1, 0.15) is 21.6 Å². The van der Waals surface area contributed by atoms with Crippen molar-refractivity contribution >= 4 is 34.1 Å². The number of para-hydroxylation sites is 1. The third-order valence-corrected chi connectivity index (χ3v) is 5.71. The molecule has 0 aliphatic carbocycles. The first kappa shape index (κ1) is 20.8. The first-order chi connectivity index (χ1) is 16.0. The number of ether oxygens (including phenoxy) is 1. The lowest BCUT2D eigenvalue weighted by Gasteiger charge is -2.11. The highest BCUT2D eigenvalue weighted by Crippen LogP contribution is 2.30. The molecule has 162 valence electrons. The zero-order chi connectivity index (χ0) is 22.9. The molecule has 0 saturated heterocycles. The van der Waals surface area contributed by atoms with Gasteiger partial charge in [0.1, 0.15) is 12.3 Å². The minimum Gasteiger partial charge on any atom is -0.456 e. The van der Waals surface area contributed by atoms with Crippen molar-refractivity contribution in [2.45, 2.75) is 13.5 Å². The van der Waals surface area contributed by atoms with Gasteiger partial charge >= 0.3 is 5.97 Å². The van der Waals surface area contributed by atoms with Crippen LogP contribution in [0.2, 0.25) is 5.02 Å². The van der Waals surface area contributed by atoms with Gasteiger partial charge in [0.05, 0.1) is 22.5 Å². The maximum absolute atomic E-state index is 13.1. The molecule has 0 aliphatic rings. The molecular weight excluding hydrogens is 438 g/mol. The van der Waals surface area contributed by atoms with Crippen molar-refractivity contribution < 1.29 is 9.53 Å². The average molecular weight is 456 g/mol. The van der Waals surface area contributed by atoms with E-state index < -0.39 is 5.97 Å². The number of esters is 1. The van der Waals surface area contributed by atoms with Gasteiger partial charge in [-0.15, -0.1) is 0 Å². The maximum atomic E-state index is 13.1. The number of rotatable bonds is 4. The molecule has 0 amide bonds. The number of benzene rings is 2. The topological polar surface area (TPSA) is 73.6 Å². The number of carbonyl (C=O) groups excluding carboxylic acids is 1. The normalized spacial score (nSPS) is 11.1. The molecule has 0 saturated carbocycles. The quantitative estimate of drug-likeness (QED) is 0.347. The van der Waals surface area contributed by atoms with E-state index in [1.807, 2.05) is 55.5 Å². The predicted octanol–water partition coefficient (Wildman–Crippen LogP) is 5.23. The number of halogens is 1. The van der Waals surface area contributed by atoms with E-state index >= 15 is 0 Å². The van der Waals surface area contributed by atoms with Crippen molar-refractivity contribution in [2.75, 3.05) is 0 Å². The van der Waals surface area contributed by atoms with Crippen molar-refractivity contribution in [1.29, 1.82) is 0 Å². The van der Waals surface area contributed by atoms with Crippen LogP contribution in [0.3, 0.4) is 0 Å². The summed E-state index contributed by atoms with van der Waals surface area (Å²) in [5.41, 5.74) is 3.85. The molecule has 3 heterocycles. The van der Waals surface area contributed by atoms with E-state index in [4.69, 9.17) is 16.3 Å². The van der Waals surface area contributed by atoms with Crippen LogP contribution in [0.4, 0.5) is 0 Å². The summed E-state index contributed by atoms with van der Waals surface area (Å²) in [5, 5.41) is 1.21. The van der Waals surface area contributed by atoms with E-state index in [2.05, 4.69) is 9.97 Å². The molecule has 0 aliphatic heterocycles. The van der Waals surface area contributed by atoms with E-state index in [-0.39, 0.29) is 12.2 Å². The molecule has 5 aromatic rings. The Balaban J connectivity index is 1.51. The molecule has 2 aromatic carbocycles. The number of aromatic nitrogens is 3. The number of nitrogens with zero attached hydrogens (tertiary/aromatic N) is 3. The van der Waals surface area contributed by atoms with Gasteiger partial charge in [0.2, 0.25) is 0 Å². The number of aryl methyl sites for hydroxylation is 1. The van der Waals surface area contributed by atoms with Crippen molar-refractivity contribution in [3.63, 3.8) is 0 Å². The highest BCUT2D eigenvalue weighted by atomic mass is 35.5. The van der Waals surface area contributed by atoms with Crippen molar-refractivity contribution in [3.05, 3.63) is 111 Å². The third-order valence-electron chi connectivity index (χ3n) is 5.38. The molecule has 0 bridgehead atoms. The summed E-state index contributed by atoms with van der Waals surface area (Å²) in [7, 11) is 0. The lowest BCUT2D eigenvalue weighted by Crippen LogP contribution is -2.17. The second kappa shape index (κ2) is 8.48. The van der Waals surface area contributed by atoms with E-state index in [0.29, 0.717) is 38.5 Å². The molecule has 5 rings (SSSR count). The number of pyridine rings is 2. The van der Waals surface area contributed by atoms with Crippen LogP contribution in [0.25, 0.3) is 27.8 Å². The van der Waals surface area contributed by atoms with Crippen LogP contribution in [-0.2, 0) is 11.3 Å². The highest BCUT2D eigenvalue weighted by Gasteiger charge is 2.17. The van der Waals surface area contributed by atoms with E-state index in [1.165, 1.54) is 10.5 Å². The zero-order valence-electron chi connectivity index (χ0n) is 17.7.